The van der Waals surface area contributed by atoms with Crippen LogP contribution in [0.4, 0.5) is 0 Å². The monoisotopic (exact) mass is 140 g/mol. The van der Waals surface area contributed by atoms with Gasteiger partial charge in [0.05, 0.1) is 12.7 Å². The van der Waals surface area contributed by atoms with E-state index in [1.807, 2.05) is 0 Å². The highest BCUT2D eigenvalue weighted by atomic mass is 16.5. The van der Waals surface area contributed by atoms with E-state index in [1.54, 1.807) is 7.11 Å². The fourth-order valence-corrected chi connectivity index (χ4v) is 1.30. The van der Waals surface area contributed by atoms with E-state index in [1.165, 1.54) is 0 Å². The molecular weight excluding hydrogens is 127 g/mol. The molecule has 0 saturated carbocycles. The van der Waals surface area contributed by atoms with Crippen LogP contribution in [0, 0.1) is 5.92 Å². The fourth-order valence-electron chi connectivity index (χ4n) is 1.30. The van der Waals surface area contributed by atoms with E-state index in [-0.39, 0.29) is 12.1 Å². The van der Waals surface area contributed by atoms with Crippen LogP contribution >= 0.6 is 0 Å². The Hall–Kier alpha value is -0.0151. The highest BCUT2D eigenvalue weighted by Crippen LogP contribution is 2.24. The van der Waals surface area contributed by atoms with Crippen molar-refractivity contribution in [2.24, 2.45) is 5.92 Å². The molecule has 1 saturated heterocycles. The minimum atomic E-state index is -0.0739. The van der Waals surface area contributed by atoms with Crippen molar-refractivity contribution < 1.29 is 9.47 Å². The average Bonchev–Trinajstić information content (AvgIpc) is 2.13. The zero-order chi connectivity index (χ0) is 7.56. The van der Waals surface area contributed by atoms with Gasteiger partial charge >= 0.3 is 0 Å². The van der Waals surface area contributed by atoms with Crippen molar-refractivity contribution in [1.29, 1.82) is 0 Å². The molecule has 0 aromatic carbocycles. The van der Waals surface area contributed by atoms with Gasteiger partial charge in [-0.3, -0.25) is 0 Å². The molecule has 3 unspecified atom stereocenters. The summed E-state index contributed by atoms with van der Waals surface area (Å²) in [5.41, 5.74) is 0. The highest BCUT2D eigenvalue weighted by molar-refractivity contribution is 6.11. The highest BCUT2D eigenvalue weighted by Gasteiger charge is 2.28. The predicted octanol–water partition coefficient (Wildman–Crippen LogP) is 0.552. The molecule has 0 aromatic rings. The summed E-state index contributed by atoms with van der Waals surface area (Å²) in [6, 6.07) is -0.0739. The van der Waals surface area contributed by atoms with Crippen LogP contribution in [0.1, 0.15) is 13.3 Å². The second-order valence-corrected chi connectivity index (χ2v) is 2.88. The van der Waals surface area contributed by atoms with Gasteiger partial charge in [-0.25, -0.2) is 0 Å². The number of ether oxygens (including phenoxy) is 2. The van der Waals surface area contributed by atoms with Crippen LogP contribution in [0.15, 0.2) is 0 Å². The number of rotatable bonds is 2. The summed E-state index contributed by atoms with van der Waals surface area (Å²) in [6.07, 6.45) is 1.16. The lowest BCUT2D eigenvalue weighted by Crippen LogP contribution is -2.20. The molecule has 2 radical (unpaired) electrons. The third-order valence-corrected chi connectivity index (χ3v) is 1.92. The average molecular weight is 140 g/mol. The van der Waals surface area contributed by atoms with E-state index in [9.17, 15) is 0 Å². The van der Waals surface area contributed by atoms with E-state index in [0.29, 0.717) is 12.5 Å². The maximum atomic E-state index is 5.57. The van der Waals surface area contributed by atoms with Crippen molar-refractivity contribution >= 4 is 7.85 Å². The molecular formula is C7H13BO2. The van der Waals surface area contributed by atoms with Crippen LogP contribution in [0.5, 0.6) is 0 Å². The van der Waals surface area contributed by atoms with Gasteiger partial charge in [0.1, 0.15) is 7.85 Å². The molecule has 0 spiro atoms. The van der Waals surface area contributed by atoms with Gasteiger partial charge in [-0.1, -0.05) is 6.92 Å². The first-order chi connectivity index (χ1) is 4.74. The van der Waals surface area contributed by atoms with Crippen LogP contribution < -0.4 is 0 Å². The number of hydrogen-bond donors (Lipinski definition) is 0. The van der Waals surface area contributed by atoms with E-state index in [4.69, 9.17) is 17.3 Å². The SMILES string of the molecule is [B]C1CC(C)C(COC)O1. The maximum absolute atomic E-state index is 5.57. The van der Waals surface area contributed by atoms with Gasteiger partial charge < -0.3 is 9.47 Å². The quantitative estimate of drug-likeness (QED) is 0.521. The smallest absolute Gasteiger partial charge is 0.109 e. The van der Waals surface area contributed by atoms with Crippen LogP contribution in [0.25, 0.3) is 0 Å². The van der Waals surface area contributed by atoms with Crippen LogP contribution in [-0.4, -0.2) is 33.7 Å². The van der Waals surface area contributed by atoms with Gasteiger partial charge in [-0.05, 0) is 12.3 Å². The van der Waals surface area contributed by atoms with Gasteiger partial charge in [0, 0.05) is 13.1 Å². The predicted molar refractivity (Wildman–Crippen MR) is 40.1 cm³/mol. The Morgan fingerprint density at radius 3 is 2.80 bits per heavy atom. The molecule has 0 bridgehead atoms. The summed E-state index contributed by atoms with van der Waals surface area (Å²) in [5.74, 6) is 0.537. The molecule has 1 aliphatic heterocycles. The van der Waals surface area contributed by atoms with Gasteiger partial charge in [-0.15, -0.1) is 0 Å². The first-order valence-corrected chi connectivity index (χ1v) is 3.64. The Labute approximate surface area is 63.3 Å². The van der Waals surface area contributed by atoms with Crippen LogP contribution in [0.2, 0.25) is 0 Å². The second-order valence-electron chi connectivity index (χ2n) is 2.88. The first-order valence-electron chi connectivity index (χ1n) is 3.64. The lowest BCUT2D eigenvalue weighted by atomic mass is 9.92. The van der Waals surface area contributed by atoms with Crippen molar-refractivity contribution in [2.75, 3.05) is 13.7 Å². The summed E-state index contributed by atoms with van der Waals surface area (Å²) in [6.45, 7) is 2.80. The van der Waals surface area contributed by atoms with E-state index >= 15 is 0 Å². The Bertz CT molecular complexity index is 108. The van der Waals surface area contributed by atoms with Gasteiger partial charge in [0.15, 0.2) is 0 Å². The third kappa shape index (κ3) is 1.73. The summed E-state index contributed by atoms with van der Waals surface area (Å²) in [7, 11) is 7.25. The Balaban J connectivity index is 2.31. The molecule has 1 fully saturated rings. The molecule has 1 aliphatic rings. The maximum Gasteiger partial charge on any atom is 0.109 e. The van der Waals surface area contributed by atoms with Crippen molar-refractivity contribution in [3.05, 3.63) is 0 Å². The summed E-state index contributed by atoms with van der Waals surface area (Å²) in [5, 5.41) is 0. The fraction of sp³-hybridized carbons (Fsp3) is 1.00. The number of methoxy groups -OCH3 is 1. The molecule has 0 amide bonds. The third-order valence-electron chi connectivity index (χ3n) is 1.92. The standard InChI is InChI=1S/C7H13BO2/c1-5-3-7(8)10-6(5)4-9-2/h5-7H,3-4H2,1-2H3. The minimum absolute atomic E-state index is 0.0739. The van der Waals surface area contributed by atoms with Crippen LogP contribution in [0.3, 0.4) is 0 Å². The molecule has 0 aromatic heterocycles. The Morgan fingerprint density at radius 1 is 1.70 bits per heavy atom. The Morgan fingerprint density at radius 2 is 2.40 bits per heavy atom. The summed E-state index contributed by atoms with van der Waals surface area (Å²) >= 11 is 0. The van der Waals surface area contributed by atoms with E-state index in [2.05, 4.69) is 6.92 Å². The van der Waals surface area contributed by atoms with Crippen LogP contribution in [-0.2, 0) is 9.47 Å². The molecule has 0 aliphatic carbocycles. The van der Waals surface area contributed by atoms with Crippen molar-refractivity contribution in [3.8, 4) is 0 Å². The number of hydrogen-bond acceptors (Lipinski definition) is 2. The molecule has 2 nitrogen and oxygen atoms in total. The van der Waals surface area contributed by atoms with Gasteiger partial charge in [0.25, 0.3) is 0 Å². The largest absolute Gasteiger partial charge is 0.382 e. The normalized spacial score (nSPS) is 40.4. The zero-order valence-corrected chi connectivity index (χ0v) is 6.54. The van der Waals surface area contributed by atoms with E-state index in [0.717, 1.165) is 6.42 Å². The lowest BCUT2D eigenvalue weighted by Gasteiger charge is -2.12. The second kappa shape index (κ2) is 3.40. The van der Waals surface area contributed by atoms with Crippen molar-refractivity contribution in [2.45, 2.75) is 25.5 Å². The van der Waals surface area contributed by atoms with Crippen molar-refractivity contribution in [1.82, 2.24) is 0 Å². The van der Waals surface area contributed by atoms with Crippen molar-refractivity contribution in [3.63, 3.8) is 0 Å². The van der Waals surface area contributed by atoms with Gasteiger partial charge in [-0.2, -0.15) is 0 Å². The van der Waals surface area contributed by atoms with E-state index < -0.39 is 0 Å². The molecule has 0 N–H and O–H groups in total. The first kappa shape index (κ1) is 8.09. The Kier molecular flexibility index (Phi) is 2.75. The zero-order valence-electron chi connectivity index (χ0n) is 6.54. The van der Waals surface area contributed by atoms with Gasteiger partial charge in [0.2, 0.25) is 0 Å². The molecule has 10 heavy (non-hydrogen) atoms. The summed E-state index contributed by atoms with van der Waals surface area (Å²) in [4.78, 5) is 0. The molecule has 3 heteroatoms. The topological polar surface area (TPSA) is 18.5 Å². The molecule has 3 atom stereocenters. The lowest BCUT2D eigenvalue weighted by molar-refractivity contribution is 0.0121. The summed E-state index contributed by atoms with van der Waals surface area (Å²) < 4.78 is 10.3. The minimum Gasteiger partial charge on any atom is -0.382 e. The molecule has 1 rings (SSSR count). The molecule has 56 valence electrons. The molecule has 1 heterocycles.